The number of hydrogen-bond donors (Lipinski definition) is 1. The maximum atomic E-state index is 13.4. The largest absolute Gasteiger partial charge is 0.375 e. The highest BCUT2D eigenvalue weighted by atomic mass is 32.1. The van der Waals surface area contributed by atoms with Gasteiger partial charge in [-0.25, -0.2) is 13.8 Å². The molecule has 2 aromatic carbocycles. The standard InChI is InChI=1S/C21H19F2N3S/c22-16-8-4-13(5-9-16)12-15-2-1-3-18-19(15)25-26(21(24)27)20(18)14-6-10-17(23)11-7-14/h4-12,18,20H,1-3H2,(H2,24,27)/b15-12-. The van der Waals surface area contributed by atoms with Crippen molar-refractivity contribution in [1.29, 1.82) is 0 Å². The lowest BCUT2D eigenvalue weighted by molar-refractivity contribution is 0.305. The Morgan fingerprint density at radius 1 is 1.07 bits per heavy atom. The molecule has 1 fully saturated rings. The summed E-state index contributed by atoms with van der Waals surface area (Å²) < 4.78 is 26.5. The van der Waals surface area contributed by atoms with Gasteiger partial charge < -0.3 is 5.73 Å². The number of rotatable bonds is 2. The molecule has 0 aromatic heterocycles. The number of fused-ring (bicyclic) bond motifs is 1. The van der Waals surface area contributed by atoms with Crippen LogP contribution in [0, 0.1) is 17.6 Å². The lowest BCUT2D eigenvalue weighted by Gasteiger charge is -2.29. The zero-order chi connectivity index (χ0) is 19.0. The molecule has 1 aliphatic heterocycles. The van der Waals surface area contributed by atoms with E-state index in [0.717, 1.165) is 41.7 Å². The van der Waals surface area contributed by atoms with Crippen LogP contribution in [0.5, 0.6) is 0 Å². The molecule has 0 saturated heterocycles. The Balaban J connectivity index is 1.72. The number of hydrazone groups is 1. The van der Waals surface area contributed by atoms with Gasteiger partial charge in [0.15, 0.2) is 5.11 Å². The predicted octanol–water partition coefficient (Wildman–Crippen LogP) is 4.80. The highest BCUT2D eigenvalue weighted by Gasteiger charge is 2.42. The monoisotopic (exact) mass is 383 g/mol. The molecular formula is C21H19F2N3S. The molecule has 0 radical (unpaired) electrons. The summed E-state index contributed by atoms with van der Waals surface area (Å²) in [4.78, 5) is 0. The van der Waals surface area contributed by atoms with Crippen molar-refractivity contribution in [2.45, 2.75) is 25.3 Å². The molecule has 0 amide bonds. The number of hydrogen-bond acceptors (Lipinski definition) is 2. The second-order valence-corrected chi connectivity index (χ2v) is 7.30. The van der Waals surface area contributed by atoms with E-state index in [-0.39, 0.29) is 28.7 Å². The minimum Gasteiger partial charge on any atom is -0.375 e. The van der Waals surface area contributed by atoms with Gasteiger partial charge in [0, 0.05) is 5.92 Å². The van der Waals surface area contributed by atoms with E-state index in [4.69, 9.17) is 23.1 Å². The fraction of sp³-hybridized carbons (Fsp3) is 0.238. The van der Waals surface area contributed by atoms with Crippen LogP contribution in [0.2, 0.25) is 0 Å². The molecule has 1 saturated carbocycles. The summed E-state index contributed by atoms with van der Waals surface area (Å²) in [6.45, 7) is 0. The molecule has 27 heavy (non-hydrogen) atoms. The summed E-state index contributed by atoms with van der Waals surface area (Å²) >= 11 is 5.22. The van der Waals surface area contributed by atoms with Crippen LogP contribution in [0.1, 0.15) is 36.4 Å². The molecule has 1 heterocycles. The number of benzene rings is 2. The molecule has 2 aliphatic rings. The summed E-state index contributed by atoms with van der Waals surface area (Å²) in [6, 6.07) is 12.7. The van der Waals surface area contributed by atoms with E-state index in [9.17, 15) is 8.78 Å². The minimum absolute atomic E-state index is 0.130. The lowest BCUT2D eigenvalue weighted by Crippen LogP contribution is -2.34. The molecule has 6 heteroatoms. The van der Waals surface area contributed by atoms with Gasteiger partial charge in [0.1, 0.15) is 11.6 Å². The topological polar surface area (TPSA) is 41.6 Å². The molecule has 0 spiro atoms. The van der Waals surface area contributed by atoms with Gasteiger partial charge in [0.25, 0.3) is 0 Å². The van der Waals surface area contributed by atoms with Crippen LogP contribution in [0.3, 0.4) is 0 Å². The summed E-state index contributed by atoms with van der Waals surface area (Å²) in [5, 5.41) is 6.61. The molecule has 4 rings (SSSR count). The molecule has 0 bridgehead atoms. The van der Waals surface area contributed by atoms with Gasteiger partial charge in [-0.1, -0.05) is 24.3 Å². The number of nitrogens with zero attached hydrogens (tertiary/aromatic N) is 2. The van der Waals surface area contributed by atoms with Crippen LogP contribution in [0.15, 0.2) is 59.2 Å². The summed E-state index contributed by atoms with van der Waals surface area (Å²) in [5.41, 5.74) is 9.89. The quantitative estimate of drug-likeness (QED) is 0.757. The molecule has 2 aromatic rings. The normalized spacial score (nSPS) is 23.3. The Kier molecular flexibility index (Phi) is 4.74. The molecule has 3 nitrogen and oxygen atoms in total. The lowest BCUT2D eigenvalue weighted by atomic mass is 9.77. The number of nitrogens with two attached hydrogens (primary N) is 1. The van der Waals surface area contributed by atoms with E-state index < -0.39 is 0 Å². The van der Waals surface area contributed by atoms with Crippen molar-refractivity contribution in [3.8, 4) is 0 Å². The van der Waals surface area contributed by atoms with Gasteiger partial charge in [-0.3, -0.25) is 0 Å². The van der Waals surface area contributed by atoms with E-state index >= 15 is 0 Å². The summed E-state index contributed by atoms with van der Waals surface area (Å²) in [6.07, 6.45) is 4.92. The fourth-order valence-corrected chi connectivity index (χ4v) is 4.09. The first-order valence-corrected chi connectivity index (χ1v) is 9.33. The molecule has 138 valence electrons. The van der Waals surface area contributed by atoms with E-state index in [2.05, 4.69) is 6.08 Å². The molecule has 2 N–H and O–H groups in total. The van der Waals surface area contributed by atoms with Crippen LogP contribution in [-0.2, 0) is 0 Å². The molecule has 1 aliphatic carbocycles. The van der Waals surface area contributed by atoms with Gasteiger partial charge in [-0.05, 0) is 78.5 Å². The molecule has 2 atom stereocenters. The van der Waals surface area contributed by atoms with Gasteiger partial charge in [-0.15, -0.1) is 0 Å². The van der Waals surface area contributed by atoms with Gasteiger partial charge in [0.05, 0.1) is 11.8 Å². The Morgan fingerprint density at radius 3 is 2.33 bits per heavy atom. The van der Waals surface area contributed by atoms with E-state index in [1.807, 2.05) is 0 Å². The predicted molar refractivity (Wildman–Crippen MR) is 107 cm³/mol. The average Bonchev–Trinajstić information content (AvgIpc) is 3.05. The Bertz CT molecular complexity index is 919. The van der Waals surface area contributed by atoms with Crippen LogP contribution < -0.4 is 5.73 Å². The third kappa shape index (κ3) is 3.49. The van der Waals surface area contributed by atoms with Crippen LogP contribution in [-0.4, -0.2) is 15.8 Å². The fourth-order valence-electron chi connectivity index (χ4n) is 3.94. The van der Waals surface area contributed by atoms with Crippen molar-refractivity contribution in [2.75, 3.05) is 0 Å². The second kappa shape index (κ2) is 7.19. The van der Waals surface area contributed by atoms with Crippen LogP contribution >= 0.6 is 12.2 Å². The third-order valence-electron chi connectivity index (χ3n) is 5.15. The Hall–Kier alpha value is -2.60. The van der Waals surface area contributed by atoms with Gasteiger partial charge in [0.2, 0.25) is 0 Å². The number of allylic oxidation sites excluding steroid dienone is 1. The highest BCUT2D eigenvalue weighted by Crippen LogP contribution is 2.44. The maximum absolute atomic E-state index is 13.4. The van der Waals surface area contributed by atoms with E-state index in [1.54, 1.807) is 29.3 Å². The number of halogens is 2. The van der Waals surface area contributed by atoms with Gasteiger partial charge >= 0.3 is 0 Å². The smallest absolute Gasteiger partial charge is 0.187 e. The van der Waals surface area contributed by atoms with Crippen molar-refractivity contribution < 1.29 is 8.78 Å². The SMILES string of the molecule is NC(=S)N1N=C2/C(=C\c3ccc(F)cc3)CCCC2C1c1ccc(F)cc1. The first-order valence-electron chi connectivity index (χ1n) is 8.92. The maximum Gasteiger partial charge on any atom is 0.187 e. The van der Waals surface area contributed by atoms with Crippen molar-refractivity contribution in [3.05, 3.63) is 76.9 Å². The Morgan fingerprint density at radius 2 is 1.70 bits per heavy atom. The van der Waals surface area contributed by atoms with E-state index in [0.29, 0.717) is 0 Å². The Labute approximate surface area is 162 Å². The van der Waals surface area contributed by atoms with Crippen molar-refractivity contribution in [2.24, 2.45) is 16.8 Å². The second-order valence-electron chi connectivity index (χ2n) is 6.88. The van der Waals surface area contributed by atoms with E-state index in [1.165, 1.54) is 24.3 Å². The molecule has 2 unspecified atom stereocenters. The number of thiocarbonyl (C=S) groups is 1. The van der Waals surface area contributed by atoms with Crippen LogP contribution in [0.4, 0.5) is 8.78 Å². The highest BCUT2D eigenvalue weighted by molar-refractivity contribution is 7.80. The third-order valence-corrected chi connectivity index (χ3v) is 5.34. The zero-order valence-corrected chi connectivity index (χ0v) is 15.4. The van der Waals surface area contributed by atoms with Gasteiger partial charge in [-0.2, -0.15) is 5.10 Å². The van der Waals surface area contributed by atoms with Crippen molar-refractivity contribution in [3.63, 3.8) is 0 Å². The minimum atomic E-state index is -0.277. The molecular weight excluding hydrogens is 364 g/mol. The summed E-state index contributed by atoms with van der Waals surface area (Å²) in [7, 11) is 0. The average molecular weight is 383 g/mol. The van der Waals surface area contributed by atoms with Crippen LogP contribution in [0.25, 0.3) is 6.08 Å². The zero-order valence-electron chi connectivity index (χ0n) is 14.6. The van der Waals surface area contributed by atoms with Crippen molar-refractivity contribution >= 4 is 29.1 Å². The summed E-state index contributed by atoms with van der Waals surface area (Å²) in [5.74, 6) is -0.398. The first-order chi connectivity index (χ1) is 13.0. The van der Waals surface area contributed by atoms with Crippen molar-refractivity contribution in [1.82, 2.24) is 5.01 Å². The first kappa shape index (κ1) is 17.8.